The Morgan fingerprint density at radius 2 is 1.64 bits per heavy atom. The van der Waals surface area contributed by atoms with Gasteiger partial charge in [0.1, 0.15) is 23.1 Å². The van der Waals surface area contributed by atoms with E-state index >= 15 is 0 Å². The molecule has 1 atom stereocenters. The van der Waals surface area contributed by atoms with Crippen molar-refractivity contribution < 1.29 is 24.2 Å². The van der Waals surface area contributed by atoms with Gasteiger partial charge in [0, 0.05) is 11.8 Å². The highest BCUT2D eigenvalue weighted by Crippen LogP contribution is 2.41. The van der Waals surface area contributed by atoms with Crippen molar-refractivity contribution in [2.75, 3.05) is 12.0 Å². The van der Waals surface area contributed by atoms with Crippen molar-refractivity contribution >= 4 is 23.3 Å². The second kappa shape index (κ2) is 9.16. The monoisotopic (exact) mass is 444 g/mol. The zero-order valence-corrected chi connectivity index (χ0v) is 18.6. The van der Waals surface area contributed by atoms with Gasteiger partial charge in [-0.15, -0.1) is 0 Å². The highest BCUT2D eigenvalue weighted by atomic mass is 16.5. The summed E-state index contributed by atoms with van der Waals surface area (Å²) in [6.07, 6.45) is 1.55. The Labute approximate surface area is 191 Å². The van der Waals surface area contributed by atoms with E-state index in [1.807, 2.05) is 13.8 Å². The van der Waals surface area contributed by atoms with Gasteiger partial charge in [0.2, 0.25) is 0 Å². The lowest BCUT2D eigenvalue weighted by atomic mass is 9.95. The quantitative estimate of drug-likeness (QED) is 0.342. The van der Waals surface area contributed by atoms with Crippen LogP contribution in [0.4, 0.5) is 5.82 Å². The summed E-state index contributed by atoms with van der Waals surface area (Å²) in [4.78, 5) is 31.8. The molecule has 1 saturated heterocycles. The zero-order chi connectivity index (χ0) is 23.5. The molecule has 1 fully saturated rings. The molecule has 1 aromatic heterocycles. The number of carbonyl (C=O) groups is 2. The summed E-state index contributed by atoms with van der Waals surface area (Å²) in [5, 5.41) is 11.2. The number of aliphatic hydroxyl groups excluding tert-OH is 1. The van der Waals surface area contributed by atoms with Crippen molar-refractivity contribution in [1.82, 2.24) is 4.98 Å². The Kier molecular flexibility index (Phi) is 6.13. The fourth-order valence-corrected chi connectivity index (χ4v) is 3.79. The van der Waals surface area contributed by atoms with Crippen molar-refractivity contribution in [1.29, 1.82) is 0 Å². The number of anilines is 1. The molecular weight excluding hydrogens is 420 g/mol. The summed E-state index contributed by atoms with van der Waals surface area (Å²) in [5.41, 5.74) is 1.04. The second-order valence-electron chi connectivity index (χ2n) is 7.82. The minimum Gasteiger partial charge on any atom is -0.507 e. The fraction of sp³-hybridized carbons (Fsp3) is 0.192. The van der Waals surface area contributed by atoms with Crippen LogP contribution in [0.2, 0.25) is 0 Å². The molecule has 1 N–H and O–H groups in total. The van der Waals surface area contributed by atoms with E-state index in [1.165, 1.54) is 4.90 Å². The SMILES string of the molecule is COc1ccc([C@H]2C(=C(O)c3ccc(OC(C)C)cc3)C(=O)C(=O)N2c2ccccn2)cc1. The Bertz CT molecular complexity index is 1190. The smallest absolute Gasteiger partial charge is 0.301 e. The number of hydrogen-bond acceptors (Lipinski definition) is 6. The summed E-state index contributed by atoms with van der Waals surface area (Å²) in [7, 11) is 1.56. The summed E-state index contributed by atoms with van der Waals surface area (Å²) >= 11 is 0. The number of hydrogen-bond donors (Lipinski definition) is 1. The number of methoxy groups -OCH3 is 1. The first kappa shape index (κ1) is 22.1. The molecule has 0 aliphatic carbocycles. The number of ketones is 1. The number of ether oxygens (including phenoxy) is 2. The lowest BCUT2D eigenvalue weighted by Gasteiger charge is -2.24. The number of nitrogens with zero attached hydrogens (tertiary/aromatic N) is 2. The number of Topliss-reactive ketones (excluding diaryl/α,β-unsaturated/α-hetero) is 1. The lowest BCUT2D eigenvalue weighted by molar-refractivity contribution is -0.132. The molecule has 4 rings (SSSR count). The third-order valence-electron chi connectivity index (χ3n) is 5.27. The van der Waals surface area contributed by atoms with Crippen LogP contribution >= 0.6 is 0 Å². The Balaban J connectivity index is 1.85. The Hall–Kier alpha value is -4.13. The highest BCUT2D eigenvalue weighted by molar-refractivity contribution is 6.51. The van der Waals surface area contributed by atoms with E-state index < -0.39 is 17.7 Å². The number of rotatable bonds is 6. The third kappa shape index (κ3) is 4.30. The predicted molar refractivity (Wildman–Crippen MR) is 124 cm³/mol. The van der Waals surface area contributed by atoms with E-state index in [0.29, 0.717) is 28.4 Å². The number of carbonyl (C=O) groups excluding carboxylic acids is 2. The van der Waals surface area contributed by atoms with Gasteiger partial charge in [0.15, 0.2) is 0 Å². The van der Waals surface area contributed by atoms with Crippen molar-refractivity contribution in [3.8, 4) is 11.5 Å². The third-order valence-corrected chi connectivity index (χ3v) is 5.27. The first-order valence-electron chi connectivity index (χ1n) is 10.5. The van der Waals surface area contributed by atoms with Crippen molar-refractivity contribution in [2.45, 2.75) is 26.0 Å². The standard InChI is InChI=1S/C26H24N2O5/c1-16(2)33-20-13-9-18(10-14-20)24(29)22-23(17-7-11-19(32-3)12-8-17)28(26(31)25(22)30)21-6-4-5-15-27-21/h4-16,23,29H,1-3H3/t23-/m0/s1. The molecule has 0 saturated carbocycles. The Morgan fingerprint density at radius 1 is 0.970 bits per heavy atom. The second-order valence-corrected chi connectivity index (χ2v) is 7.82. The van der Waals surface area contributed by atoms with Crippen LogP contribution in [0.5, 0.6) is 11.5 Å². The van der Waals surface area contributed by atoms with Gasteiger partial charge < -0.3 is 14.6 Å². The summed E-state index contributed by atoms with van der Waals surface area (Å²) in [6, 6.07) is 18.0. The first-order chi connectivity index (χ1) is 15.9. The predicted octanol–water partition coefficient (Wildman–Crippen LogP) is 4.50. The molecule has 1 aliphatic heterocycles. The molecule has 2 aromatic carbocycles. The van der Waals surface area contributed by atoms with E-state index in [0.717, 1.165) is 0 Å². The fourth-order valence-electron chi connectivity index (χ4n) is 3.79. The van der Waals surface area contributed by atoms with Gasteiger partial charge in [-0.1, -0.05) is 18.2 Å². The van der Waals surface area contributed by atoms with Gasteiger partial charge in [-0.2, -0.15) is 0 Å². The number of aromatic nitrogens is 1. The molecule has 168 valence electrons. The molecule has 7 heteroatoms. The number of amides is 1. The van der Waals surface area contributed by atoms with Crippen molar-refractivity contribution in [2.24, 2.45) is 0 Å². The zero-order valence-electron chi connectivity index (χ0n) is 18.6. The van der Waals surface area contributed by atoms with Crippen LogP contribution in [0, 0.1) is 0 Å². The minimum absolute atomic E-state index is 0.00298. The molecule has 1 aliphatic rings. The van der Waals surface area contributed by atoms with Gasteiger partial charge in [-0.3, -0.25) is 14.5 Å². The highest BCUT2D eigenvalue weighted by Gasteiger charge is 2.47. The lowest BCUT2D eigenvalue weighted by Crippen LogP contribution is -2.30. The van der Waals surface area contributed by atoms with Crippen LogP contribution in [-0.4, -0.2) is 35.0 Å². The molecule has 0 unspecified atom stereocenters. The molecule has 1 amide bonds. The Morgan fingerprint density at radius 3 is 2.21 bits per heavy atom. The summed E-state index contributed by atoms with van der Waals surface area (Å²) < 4.78 is 10.9. The summed E-state index contributed by atoms with van der Waals surface area (Å²) in [5.74, 6) is -0.197. The minimum atomic E-state index is -0.850. The molecule has 3 aromatic rings. The molecule has 0 bridgehead atoms. The average molecular weight is 444 g/mol. The van der Waals surface area contributed by atoms with Crippen molar-refractivity contribution in [3.63, 3.8) is 0 Å². The molecule has 0 spiro atoms. The average Bonchev–Trinajstić information content (AvgIpc) is 3.10. The maximum atomic E-state index is 13.1. The van der Waals surface area contributed by atoms with Gasteiger partial charge in [-0.05, 0) is 67.9 Å². The number of benzene rings is 2. The van der Waals surface area contributed by atoms with E-state index in [1.54, 1.807) is 80.0 Å². The number of aliphatic hydroxyl groups is 1. The summed E-state index contributed by atoms with van der Waals surface area (Å²) in [6.45, 7) is 3.84. The van der Waals surface area contributed by atoms with Crippen molar-refractivity contribution in [3.05, 3.63) is 89.6 Å². The maximum Gasteiger partial charge on any atom is 0.301 e. The molecule has 0 radical (unpaired) electrons. The maximum absolute atomic E-state index is 13.1. The van der Waals surface area contributed by atoms with Crippen LogP contribution in [0.3, 0.4) is 0 Å². The van der Waals surface area contributed by atoms with E-state index in [4.69, 9.17) is 9.47 Å². The van der Waals surface area contributed by atoms with Gasteiger partial charge in [0.25, 0.3) is 5.78 Å². The van der Waals surface area contributed by atoms with Gasteiger partial charge in [-0.25, -0.2) is 4.98 Å². The topological polar surface area (TPSA) is 89.0 Å². The largest absolute Gasteiger partial charge is 0.507 e. The van der Waals surface area contributed by atoms with E-state index in [2.05, 4.69) is 4.98 Å². The van der Waals surface area contributed by atoms with E-state index in [9.17, 15) is 14.7 Å². The number of pyridine rings is 1. The molecule has 7 nitrogen and oxygen atoms in total. The van der Waals surface area contributed by atoms with Gasteiger partial charge >= 0.3 is 5.91 Å². The molecule has 2 heterocycles. The molecule has 33 heavy (non-hydrogen) atoms. The molecular formula is C26H24N2O5. The van der Waals surface area contributed by atoms with Crippen LogP contribution in [0.15, 0.2) is 78.5 Å². The van der Waals surface area contributed by atoms with Gasteiger partial charge in [0.05, 0.1) is 24.8 Å². The van der Waals surface area contributed by atoms with Crippen LogP contribution in [0.1, 0.15) is 31.0 Å². The van der Waals surface area contributed by atoms with E-state index in [-0.39, 0.29) is 17.4 Å². The van der Waals surface area contributed by atoms with Crippen LogP contribution in [0.25, 0.3) is 5.76 Å². The van der Waals surface area contributed by atoms with Crippen LogP contribution < -0.4 is 14.4 Å². The normalized spacial score (nSPS) is 17.5. The van der Waals surface area contributed by atoms with Crippen LogP contribution in [-0.2, 0) is 9.59 Å². The first-order valence-corrected chi connectivity index (χ1v) is 10.5.